The summed E-state index contributed by atoms with van der Waals surface area (Å²) in [6, 6.07) is 0. The molecule has 0 spiro atoms. The molecule has 82 valence electrons. The smallest absolute Gasteiger partial charge is 0.0916 e. The van der Waals surface area contributed by atoms with Gasteiger partial charge in [0, 0.05) is 0 Å². The van der Waals surface area contributed by atoms with E-state index in [1.54, 1.807) is 7.11 Å². The summed E-state index contributed by atoms with van der Waals surface area (Å²) in [6.45, 7) is 14.8. The van der Waals surface area contributed by atoms with Crippen LogP contribution in [0.15, 0.2) is 23.5 Å². The lowest BCUT2D eigenvalue weighted by Crippen LogP contribution is -2.14. The summed E-state index contributed by atoms with van der Waals surface area (Å²) in [4.78, 5) is 0. The minimum Gasteiger partial charge on any atom is -0.501 e. The zero-order chi connectivity index (χ0) is 11.4. The summed E-state index contributed by atoms with van der Waals surface area (Å²) in [5, 5.41) is 0. The monoisotopic (exact) mass is 196 g/mol. The van der Waals surface area contributed by atoms with Crippen LogP contribution in [0.5, 0.6) is 0 Å². The van der Waals surface area contributed by atoms with Crippen LogP contribution in [0.2, 0.25) is 0 Å². The van der Waals surface area contributed by atoms with Crippen molar-refractivity contribution in [3.63, 3.8) is 0 Å². The van der Waals surface area contributed by atoms with Crippen molar-refractivity contribution in [3.8, 4) is 0 Å². The van der Waals surface area contributed by atoms with Crippen molar-refractivity contribution in [2.24, 2.45) is 5.41 Å². The lowest BCUT2D eigenvalue weighted by atomic mass is 9.79. The highest BCUT2D eigenvalue weighted by molar-refractivity contribution is 5.15. The standard InChI is InChI=1S/C13H24O/c1-8-12(11(4)14-7)9-13(5,6)10(2)3/h2,8-9H2,1,3-7H3. The van der Waals surface area contributed by atoms with Gasteiger partial charge in [-0.2, -0.15) is 0 Å². The van der Waals surface area contributed by atoms with E-state index >= 15 is 0 Å². The first-order chi connectivity index (χ1) is 6.35. The Kier molecular flexibility index (Phi) is 4.96. The molecule has 0 unspecified atom stereocenters. The Morgan fingerprint density at radius 1 is 1.29 bits per heavy atom. The van der Waals surface area contributed by atoms with Crippen molar-refractivity contribution in [2.75, 3.05) is 7.11 Å². The van der Waals surface area contributed by atoms with E-state index in [1.807, 2.05) is 6.92 Å². The van der Waals surface area contributed by atoms with Crippen molar-refractivity contribution in [1.82, 2.24) is 0 Å². The summed E-state index contributed by atoms with van der Waals surface area (Å²) >= 11 is 0. The summed E-state index contributed by atoms with van der Waals surface area (Å²) in [5.41, 5.74) is 2.79. The van der Waals surface area contributed by atoms with Gasteiger partial charge in [0.05, 0.1) is 12.9 Å². The molecule has 1 nitrogen and oxygen atoms in total. The Balaban J connectivity index is 4.72. The molecule has 0 heterocycles. The van der Waals surface area contributed by atoms with Crippen molar-refractivity contribution in [3.05, 3.63) is 23.5 Å². The van der Waals surface area contributed by atoms with Gasteiger partial charge >= 0.3 is 0 Å². The molecular formula is C13H24O. The van der Waals surface area contributed by atoms with Gasteiger partial charge in [-0.15, -0.1) is 0 Å². The molecular weight excluding hydrogens is 172 g/mol. The molecule has 1 heteroatoms. The SMILES string of the molecule is C=C(C)C(C)(C)CC(CC)=C(C)OC. The predicted molar refractivity (Wildman–Crippen MR) is 63.2 cm³/mol. The molecule has 0 fully saturated rings. The van der Waals surface area contributed by atoms with Gasteiger partial charge in [-0.1, -0.05) is 32.9 Å². The molecule has 0 aromatic heterocycles. The number of allylic oxidation sites excluding steroid dienone is 3. The van der Waals surface area contributed by atoms with Gasteiger partial charge in [0.2, 0.25) is 0 Å². The second-order valence-electron chi connectivity index (χ2n) is 4.56. The summed E-state index contributed by atoms with van der Waals surface area (Å²) in [5.74, 6) is 1.06. The van der Waals surface area contributed by atoms with E-state index in [4.69, 9.17) is 4.74 Å². The lowest BCUT2D eigenvalue weighted by molar-refractivity contribution is 0.281. The van der Waals surface area contributed by atoms with E-state index in [2.05, 4.69) is 34.3 Å². The molecule has 0 saturated carbocycles. The first kappa shape index (κ1) is 13.3. The van der Waals surface area contributed by atoms with Crippen LogP contribution in [0.1, 0.15) is 47.5 Å². The fourth-order valence-corrected chi connectivity index (χ4v) is 1.33. The third kappa shape index (κ3) is 3.57. The quantitative estimate of drug-likeness (QED) is 0.470. The van der Waals surface area contributed by atoms with E-state index in [0.29, 0.717) is 0 Å². The predicted octanol–water partition coefficient (Wildman–Crippen LogP) is 4.31. The van der Waals surface area contributed by atoms with Gasteiger partial charge < -0.3 is 4.74 Å². The van der Waals surface area contributed by atoms with Crippen molar-refractivity contribution < 1.29 is 4.74 Å². The summed E-state index contributed by atoms with van der Waals surface area (Å²) in [6.07, 6.45) is 2.09. The van der Waals surface area contributed by atoms with Crippen LogP contribution in [-0.4, -0.2) is 7.11 Å². The summed E-state index contributed by atoms with van der Waals surface area (Å²) < 4.78 is 5.28. The maximum atomic E-state index is 5.28. The fraction of sp³-hybridized carbons (Fsp3) is 0.692. The van der Waals surface area contributed by atoms with Crippen LogP contribution in [0.25, 0.3) is 0 Å². The Morgan fingerprint density at radius 3 is 2.07 bits per heavy atom. The Labute approximate surface area is 88.9 Å². The average Bonchev–Trinajstić information content (AvgIpc) is 2.12. The van der Waals surface area contributed by atoms with Crippen LogP contribution in [-0.2, 0) is 4.74 Å². The molecule has 0 amide bonds. The Bertz CT molecular complexity index is 234. The topological polar surface area (TPSA) is 9.23 Å². The molecule has 0 aliphatic rings. The zero-order valence-electron chi connectivity index (χ0n) is 10.5. The van der Waals surface area contributed by atoms with Crippen molar-refractivity contribution in [1.29, 1.82) is 0 Å². The first-order valence-electron chi connectivity index (χ1n) is 5.23. The molecule has 0 aromatic rings. The minimum atomic E-state index is 0.172. The largest absolute Gasteiger partial charge is 0.501 e. The maximum Gasteiger partial charge on any atom is 0.0916 e. The maximum absolute atomic E-state index is 5.28. The molecule has 0 saturated heterocycles. The van der Waals surface area contributed by atoms with Gasteiger partial charge in [-0.05, 0) is 37.7 Å². The third-order valence-corrected chi connectivity index (χ3v) is 3.04. The van der Waals surface area contributed by atoms with E-state index in [1.165, 1.54) is 11.1 Å². The zero-order valence-corrected chi connectivity index (χ0v) is 10.5. The number of rotatable bonds is 5. The second-order valence-corrected chi connectivity index (χ2v) is 4.56. The molecule has 0 aromatic carbocycles. The van der Waals surface area contributed by atoms with E-state index < -0.39 is 0 Å². The molecule has 0 bridgehead atoms. The lowest BCUT2D eigenvalue weighted by Gasteiger charge is -2.27. The highest BCUT2D eigenvalue weighted by atomic mass is 16.5. The molecule has 0 N–H and O–H groups in total. The average molecular weight is 196 g/mol. The normalized spacial score (nSPS) is 13.6. The number of ether oxygens (including phenoxy) is 1. The molecule has 0 aliphatic heterocycles. The number of hydrogen-bond donors (Lipinski definition) is 0. The van der Waals surface area contributed by atoms with Crippen LogP contribution in [0, 0.1) is 5.41 Å². The van der Waals surface area contributed by atoms with E-state index in [-0.39, 0.29) is 5.41 Å². The Morgan fingerprint density at radius 2 is 1.79 bits per heavy atom. The number of methoxy groups -OCH3 is 1. The summed E-state index contributed by atoms with van der Waals surface area (Å²) in [7, 11) is 1.73. The van der Waals surface area contributed by atoms with Gasteiger partial charge in [-0.25, -0.2) is 0 Å². The van der Waals surface area contributed by atoms with Crippen LogP contribution in [0.3, 0.4) is 0 Å². The molecule has 0 atom stereocenters. The molecule has 14 heavy (non-hydrogen) atoms. The molecule has 0 radical (unpaired) electrons. The molecule has 0 rings (SSSR count). The van der Waals surface area contributed by atoms with Crippen LogP contribution in [0.4, 0.5) is 0 Å². The molecule has 0 aliphatic carbocycles. The highest BCUT2D eigenvalue weighted by Gasteiger charge is 2.21. The fourth-order valence-electron chi connectivity index (χ4n) is 1.33. The van der Waals surface area contributed by atoms with Crippen molar-refractivity contribution in [2.45, 2.75) is 47.5 Å². The van der Waals surface area contributed by atoms with Crippen molar-refractivity contribution >= 4 is 0 Å². The van der Waals surface area contributed by atoms with E-state index in [9.17, 15) is 0 Å². The highest BCUT2D eigenvalue weighted by Crippen LogP contribution is 2.34. The number of hydrogen-bond acceptors (Lipinski definition) is 1. The third-order valence-electron chi connectivity index (χ3n) is 3.04. The van der Waals surface area contributed by atoms with Crippen LogP contribution >= 0.6 is 0 Å². The Hall–Kier alpha value is -0.720. The van der Waals surface area contributed by atoms with Gasteiger partial charge in [0.15, 0.2) is 0 Å². The van der Waals surface area contributed by atoms with Gasteiger partial charge in [0.1, 0.15) is 0 Å². The van der Waals surface area contributed by atoms with Crippen LogP contribution < -0.4 is 0 Å². The first-order valence-corrected chi connectivity index (χ1v) is 5.23. The van der Waals surface area contributed by atoms with Gasteiger partial charge in [-0.3, -0.25) is 0 Å². The second kappa shape index (κ2) is 5.23. The van der Waals surface area contributed by atoms with E-state index in [0.717, 1.165) is 18.6 Å². The van der Waals surface area contributed by atoms with Gasteiger partial charge in [0.25, 0.3) is 0 Å². The minimum absolute atomic E-state index is 0.172.